The lowest BCUT2D eigenvalue weighted by Gasteiger charge is -2.11. The second kappa shape index (κ2) is 6.31. The summed E-state index contributed by atoms with van der Waals surface area (Å²) in [4.78, 5) is 9.76. The van der Waals surface area contributed by atoms with Gasteiger partial charge in [0.25, 0.3) is 0 Å². The van der Waals surface area contributed by atoms with Crippen molar-refractivity contribution in [2.24, 2.45) is 0 Å². The van der Waals surface area contributed by atoms with Crippen LogP contribution in [0.5, 0.6) is 11.5 Å². The van der Waals surface area contributed by atoms with Gasteiger partial charge in [-0.15, -0.1) is 0 Å². The van der Waals surface area contributed by atoms with Gasteiger partial charge < -0.3 is 4.74 Å². The number of ether oxygens (including phenoxy) is 1. The first kappa shape index (κ1) is 18.6. The molecule has 2 rings (SSSR count). The summed E-state index contributed by atoms with van der Waals surface area (Å²) in [7, 11) is -3.74. The van der Waals surface area contributed by atoms with E-state index in [0.717, 1.165) is 30.5 Å². The van der Waals surface area contributed by atoms with E-state index in [0.29, 0.717) is 12.1 Å². The molecule has 0 spiro atoms. The molecule has 0 N–H and O–H groups in total. The molecule has 2 aromatic rings. The molecule has 0 amide bonds. The third kappa shape index (κ3) is 4.24. The van der Waals surface area contributed by atoms with E-state index in [1.807, 2.05) is 0 Å². The van der Waals surface area contributed by atoms with Crippen molar-refractivity contribution in [2.75, 3.05) is 6.26 Å². The van der Waals surface area contributed by atoms with Gasteiger partial charge in [0.05, 0.1) is 15.4 Å². The van der Waals surface area contributed by atoms with E-state index in [1.165, 1.54) is 0 Å². The fourth-order valence-corrected chi connectivity index (χ4v) is 2.51. The lowest BCUT2D eigenvalue weighted by atomic mass is 10.2. The van der Waals surface area contributed by atoms with E-state index in [2.05, 4.69) is 0 Å². The highest BCUT2D eigenvalue weighted by Crippen LogP contribution is 2.37. The van der Waals surface area contributed by atoms with Gasteiger partial charge in [-0.3, -0.25) is 10.1 Å². The van der Waals surface area contributed by atoms with Crippen molar-refractivity contribution in [3.8, 4) is 11.5 Å². The molecule has 11 heteroatoms. The predicted molar refractivity (Wildman–Crippen MR) is 77.7 cm³/mol. The minimum atomic E-state index is -4.98. The van der Waals surface area contributed by atoms with E-state index in [4.69, 9.17) is 4.74 Å². The number of sulfone groups is 1. The average Bonchev–Trinajstić information content (AvgIpc) is 2.47. The van der Waals surface area contributed by atoms with Crippen molar-refractivity contribution in [3.05, 3.63) is 57.9 Å². The number of rotatable bonds is 4. The van der Waals surface area contributed by atoms with Crippen LogP contribution in [0.25, 0.3) is 0 Å². The lowest BCUT2D eigenvalue weighted by Crippen LogP contribution is -2.08. The first-order chi connectivity index (χ1) is 11.4. The summed E-state index contributed by atoms with van der Waals surface area (Å²) in [6, 6.07) is 4.38. The van der Waals surface area contributed by atoms with Crippen molar-refractivity contribution < 1.29 is 35.6 Å². The molecular formula is C14H9F4NO5S. The number of halogens is 4. The molecule has 0 aliphatic rings. The largest absolute Gasteiger partial charge is 0.450 e. The highest BCUT2D eigenvalue weighted by molar-refractivity contribution is 7.90. The zero-order valence-corrected chi connectivity index (χ0v) is 13.2. The van der Waals surface area contributed by atoms with Crippen molar-refractivity contribution in [3.63, 3.8) is 0 Å². The summed E-state index contributed by atoms with van der Waals surface area (Å²) < 4.78 is 79.2. The number of nitro groups is 1. The Labute approximate surface area is 138 Å². The minimum Gasteiger partial charge on any atom is -0.450 e. The summed E-state index contributed by atoms with van der Waals surface area (Å²) in [6.07, 6.45) is -4.14. The number of hydrogen-bond donors (Lipinski definition) is 0. The van der Waals surface area contributed by atoms with Crippen LogP contribution >= 0.6 is 0 Å². The van der Waals surface area contributed by atoms with Gasteiger partial charge in [0.1, 0.15) is 11.6 Å². The van der Waals surface area contributed by atoms with Crippen LogP contribution in [0.4, 0.5) is 23.2 Å². The smallest absolute Gasteiger partial charge is 0.419 e. The van der Waals surface area contributed by atoms with Crippen LogP contribution in [0.2, 0.25) is 0 Å². The van der Waals surface area contributed by atoms with Crippen molar-refractivity contribution in [1.82, 2.24) is 0 Å². The molecule has 0 radical (unpaired) electrons. The highest BCUT2D eigenvalue weighted by Gasteiger charge is 2.34. The monoisotopic (exact) mass is 379 g/mol. The Morgan fingerprint density at radius 1 is 1.12 bits per heavy atom. The van der Waals surface area contributed by atoms with E-state index < -0.39 is 49.5 Å². The molecule has 0 saturated heterocycles. The molecule has 6 nitrogen and oxygen atoms in total. The Balaban J connectivity index is 2.49. The van der Waals surface area contributed by atoms with Crippen LogP contribution < -0.4 is 4.74 Å². The summed E-state index contributed by atoms with van der Waals surface area (Å²) in [5.74, 6) is -2.51. The first-order valence-corrected chi connectivity index (χ1v) is 8.32. The second-order valence-corrected chi connectivity index (χ2v) is 6.92. The van der Waals surface area contributed by atoms with Crippen molar-refractivity contribution >= 4 is 15.5 Å². The molecule has 134 valence electrons. The Bertz CT molecular complexity index is 941. The summed E-state index contributed by atoms with van der Waals surface area (Å²) in [5.41, 5.74) is -2.36. The number of nitrogens with zero attached hydrogens (tertiary/aromatic N) is 1. The topological polar surface area (TPSA) is 86.5 Å². The second-order valence-electron chi connectivity index (χ2n) is 4.90. The van der Waals surface area contributed by atoms with Gasteiger partial charge in [0.15, 0.2) is 9.84 Å². The predicted octanol–water partition coefficient (Wildman–Crippen LogP) is 3.95. The zero-order chi connectivity index (χ0) is 19.0. The molecule has 0 aliphatic carbocycles. The van der Waals surface area contributed by atoms with E-state index in [-0.39, 0.29) is 4.90 Å². The first-order valence-electron chi connectivity index (χ1n) is 6.42. The summed E-state index contributed by atoms with van der Waals surface area (Å²) in [6.45, 7) is 0. The fourth-order valence-electron chi connectivity index (χ4n) is 1.87. The van der Waals surface area contributed by atoms with Gasteiger partial charge in [-0.1, -0.05) is 0 Å². The third-order valence-corrected chi connectivity index (χ3v) is 4.14. The molecule has 0 saturated carbocycles. The van der Waals surface area contributed by atoms with Gasteiger partial charge in [0.2, 0.25) is 5.75 Å². The lowest BCUT2D eigenvalue weighted by molar-refractivity contribution is -0.385. The van der Waals surface area contributed by atoms with Crippen LogP contribution in [0.15, 0.2) is 41.3 Å². The Hall–Kier alpha value is -2.69. The van der Waals surface area contributed by atoms with Gasteiger partial charge in [-0.2, -0.15) is 13.2 Å². The fraction of sp³-hybridized carbons (Fsp3) is 0.143. The molecule has 0 aliphatic heterocycles. The van der Waals surface area contributed by atoms with E-state index in [9.17, 15) is 36.1 Å². The molecule has 2 aromatic carbocycles. The molecule has 0 bridgehead atoms. The average molecular weight is 379 g/mol. The molecule has 0 aromatic heterocycles. The molecular weight excluding hydrogens is 370 g/mol. The highest BCUT2D eigenvalue weighted by atomic mass is 32.2. The molecule has 0 atom stereocenters. The van der Waals surface area contributed by atoms with Crippen LogP contribution in [0.3, 0.4) is 0 Å². The molecule has 0 heterocycles. The molecule has 0 unspecified atom stereocenters. The van der Waals surface area contributed by atoms with Gasteiger partial charge in [0, 0.05) is 12.3 Å². The SMILES string of the molecule is CS(=O)(=O)c1ccc(Oc2ccc(F)c(C(F)(F)F)c2)c([N+](=O)[O-])c1. The van der Waals surface area contributed by atoms with Crippen LogP contribution in [0, 0.1) is 15.9 Å². The molecule has 25 heavy (non-hydrogen) atoms. The standard InChI is InChI=1S/C14H9F4NO5S/c1-25(22,23)9-3-5-13(12(7-9)19(20)21)24-8-2-4-11(15)10(6-8)14(16,17)18/h2-7H,1H3. The van der Waals surface area contributed by atoms with Gasteiger partial charge >= 0.3 is 11.9 Å². The normalized spacial score (nSPS) is 12.0. The molecule has 0 fully saturated rings. The Morgan fingerprint density at radius 2 is 1.76 bits per heavy atom. The number of nitro benzene ring substituents is 1. The number of benzene rings is 2. The maximum Gasteiger partial charge on any atom is 0.419 e. The van der Waals surface area contributed by atoms with E-state index in [1.54, 1.807) is 0 Å². The summed E-state index contributed by atoms with van der Waals surface area (Å²) >= 11 is 0. The maximum atomic E-state index is 13.2. The van der Waals surface area contributed by atoms with Crippen LogP contribution in [0.1, 0.15) is 5.56 Å². The Kier molecular flexibility index (Phi) is 4.71. The number of hydrogen-bond acceptors (Lipinski definition) is 5. The van der Waals surface area contributed by atoms with Crippen LogP contribution in [-0.4, -0.2) is 19.6 Å². The summed E-state index contributed by atoms with van der Waals surface area (Å²) in [5, 5.41) is 11.1. The minimum absolute atomic E-state index is 0.351. The Morgan fingerprint density at radius 3 is 2.28 bits per heavy atom. The quantitative estimate of drug-likeness (QED) is 0.456. The van der Waals surface area contributed by atoms with Crippen molar-refractivity contribution in [1.29, 1.82) is 0 Å². The maximum absolute atomic E-state index is 13.2. The van der Waals surface area contributed by atoms with Gasteiger partial charge in [-0.05, 0) is 30.3 Å². The van der Waals surface area contributed by atoms with E-state index >= 15 is 0 Å². The third-order valence-electron chi connectivity index (χ3n) is 3.03. The van der Waals surface area contributed by atoms with Crippen LogP contribution in [-0.2, 0) is 16.0 Å². The zero-order valence-electron chi connectivity index (χ0n) is 12.4. The number of alkyl halides is 3. The van der Waals surface area contributed by atoms with Crippen molar-refractivity contribution in [2.45, 2.75) is 11.1 Å². The van der Waals surface area contributed by atoms with Gasteiger partial charge in [-0.25, -0.2) is 12.8 Å².